The van der Waals surface area contributed by atoms with Crippen molar-refractivity contribution in [3.63, 3.8) is 0 Å². The summed E-state index contributed by atoms with van der Waals surface area (Å²) in [5.74, 6) is -1.11. The zero-order valence-electron chi connectivity index (χ0n) is 13.9. The van der Waals surface area contributed by atoms with Gasteiger partial charge >= 0.3 is 5.97 Å². The molecule has 2 fully saturated rings. The van der Waals surface area contributed by atoms with Crippen LogP contribution in [0.3, 0.4) is 0 Å². The highest BCUT2D eigenvalue weighted by Gasteiger charge is 2.31. The average molecular weight is 331 g/mol. The van der Waals surface area contributed by atoms with Crippen LogP contribution in [0.2, 0.25) is 0 Å². The zero-order chi connectivity index (χ0) is 16.9. The Morgan fingerprint density at radius 2 is 1.96 bits per heavy atom. The number of carboxylic acid groups (broad SMARTS) is 1. The third-order valence-electron chi connectivity index (χ3n) is 5.20. The van der Waals surface area contributed by atoms with Crippen LogP contribution in [-0.4, -0.2) is 36.2 Å². The minimum Gasteiger partial charge on any atom is -0.481 e. The van der Waals surface area contributed by atoms with Crippen LogP contribution in [0, 0.1) is 5.92 Å². The van der Waals surface area contributed by atoms with Crippen molar-refractivity contribution in [2.75, 3.05) is 13.2 Å². The Kier molecular flexibility index (Phi) is 5.51. The van der Waals surface area contributed by atoms with E-state index in [1.165, 1.54) is 0 Å². The molecule has 0 aromatic heterocycles. The number of hydrogen-bond acceptors (Lipinski definition) is 3. The molecule has 5 nitrogen and oxygen atoms in total. The van der Waals surface area contributed by atoms with Crippen LogP contribution in [0.15, 0.2) is 24.3 Å². The fraction of sp³-hybridized carbons (Fsp3) is 0.579. The van der Waals surface area contributed by atoms with E-state index in [1.807, 2.05) is 18.2 Å². The molecule has 0 radical (unpaired) electrons. The summed E-state index contributed by atoms with van der Waals surface area (Å²) < 4.78 is 5.42. The first kappa shape index (κ1) is 17.0. The Morgan fingerprint density at radius 3 is 2.71 bits per heavy atom. The third kappa shape index (κ3) is 3.96. The van der Waals surface area contributed by atoms with Gasteiger partial charge in [0, 0.05) is 24.1 Å². The second-order valence-electron chi connectivity index (χ2n) is 6.85. The molecule has 2 aliphatic rings. The molecule has 1 amide bonds. The normalized spacial score (nSPS) is 27.4. The molecule has 24 heavy (non-hydrogen) atoms. The highest BCUT2D eigenvalue weighted by molar-refractivity contribution is 5.94. The van der Waals surface area contributed by atoms with Gasteiger partial charge in [-0.15, -0.1) is 0 Å². The van der Waals surface area contributed by atoms with E-state index in [0.29, 0.717) is 24.5 Å². The molecule has 0 bridgehead atoms. The highest BCUT2D eigenvalue weighted by Crippen LogP contribution is 2.27. The minimum absolute atomic E-state index is 0.172. The van der Waals surface area contributed by atoms with E-state index < -0.39 is 11.9 Å². The third-order valence-corrected chi connectivity index (χ3v) is 5.20. The van der Waals surface area contributed by atoms with Gasteiger partial charge < -0.3 is 15.2 Å². The largest absolute Gasteiger partial charge is 0.481 e. The molecule has 5 heteroatoms. The molecule has 1 saturated carbocycles. The number of benzene rings is 1. The Labute approximate surface area is 142 Å². The molecular weight excluding hydrogens is 306 g/mol. The Balaban J connectivity index is 1.71. The van der Waals surface area contributed by atoms with Gasteiger partial charge in [0.05, 0.1) is 12.5 Å². The number of rotatable bonds is 4. The highest BCUT2D eigenvalue weighted by atomic mass is 16.5. The first-order chi connectivity index (χ1) is 11.6. The summed E-state index contributed by atoms with van der Waals surface area (Å²) in [5.41, 5.74) is 1.73. The Bertz CT molecular complexity index is 595. The number of amides is 1. The number of nitrogens with one attached hydrogen (secondary N) is 1. The van der Waals surface area contributed by atoms with Crippen LogP contribution < -0.4 is 5.32 Å². The number of carboxylic acids is 1. The van der Waals surface area contributed by atoms with Crippen LogP contribution in [0.1, 0.15) is 60.4 Å². The van der Waals surface area contributed by atoms with Gasteiger partial charge in [-0.05, 0) is 37.0 Å². The van der Waals surface area contributed by atoms with E-state index in [9.17, 15) is 14.7 Å². The van der Waals surface area contributed by atoms with E-state index in [1.54, 1.807) is 6.07 Å². The second kappa shape index (κ2) is 7.79. The van der Waals surface area contributed by atoms with Crippen molar-refractivity contribution in [1.82, 2.24) is 5.32 Å². The van der Waals surface area contributed by atoms with Gasteiger partial charge in [-0.1, -0.05) is 31.4 Å². The average Bonchev–Trinajstić information content (AvgIpc) is 3.02. The number of aliphatic carboxylic acids is 1. The predicted molar refractivity (Wildman–Crippen MR) is 90.1 cm³/mol. The summed E-state index contributed by atoms with van der Waals surface area (Å²) in [6, 6.07) is 7.35. The standard InChI is InChI=1S/C19H25NO4/c21-18(20-17-8-3-1-2-7-16(17)19(22)23)14-6-4-5-13(11-14)15-9-10-24-12-15/h4-6,11,15-17H,1-3,7-10,12H2,(H,20,21)(H,22,23)/t15?,16-,17+/m1/s1. The molecule has 3 rings (SSSR count). The van der Waals surface area contributed by atoms with Crippen molar-refractivity contribution < 1.29 is 19.4 Å². The molecule has 1 unspecified atom stereocenters. The maximum atomic E-state index is 12.6. The van der Waals surface area contributed by atoms with Crippen LogP contribution >= 0.6 is 0 Å². The second-order valence-corrected chi connectivity index (χ2v) is 6.85. The maximum absolute atomic E-state index is 12.6. The fourth-order valence-electron chi connectivity index (χ4n) is 3.76. The van der Waals surface area contributed by atoms with Gasteiger partial charge in [-0.2, -0.15) is 0 Å². The summed E-state index contributed by atoms with van der Waals surface area (Å²) in [6.07, 6.45) is 5.27. The first-order valence-corrected chi connectivity index (χ1v) is 8.86. The smallest absolute Gasteiger partial charge is 0.308 e. The summed E-state index contributed by atoms with van der Waals surface area (Å²) >= 11 is 0. The zero-order valence-corrected chi connectivity index (χ0v) is 13.9. The lowest BCUT2D eigenvalue weighted by Crippen LogP contribution is -2.42. The number of ether oxygens (including phenoxy) is 1. The van der Waals surface area contributed by atoms with Gasteiger partial charge in [-0.3, -0.25) is 9.59 Å². The molecule has 0 spiro atoms. The lowest BCUT2D eigenvalue weighted by Gasteiger charge is -2.23. The Hall–Kier alpha value is -1.88. The topological polar surface area (TPSA) is 75.6 Å². The van der Waals surface area contributed by atoms with E-state index in [0.717, 1.165) is 44.3 Å². The summed E-state index contributed by atoms with van der Waals surface area (Å²) in [6.45, 7) is 1.47. The van der Waals surface area contributed by atoms with E-state index >= 15 is 0 Å². The molecule has 130 valence electrons. The molecule has 1 heterocycles. The van der Waals surface area contributed by atoms with Crippen molar-refractivity contribution in [1.29, 1.82) is 0 Å². The van der Waals surface area contributed by atoms with E-state index in [4.69, 9.17) is 4.74 Å². The van der Waals surface area contributed by atoms with Crippen molar-refractivity contribution in [3.8, 4) is 0 Å². The SMILES string of the molecule is O=C(N[C@H]1CCCCC[C@H]1C(=O)O)c1cccc(C2CCOC2)c1. The lowest BCUT2D eigenvalue weighted by atomic mass is 9.94. The summed E-state index contributed by atoms with van der Waals surface area (Å²) in [7, 11) is 0. The Morgan fingerprint density at radius 1 is 1.12 bits per heavy atom. The van der Waals surface area contributed by atoms with Crippen molar-refractivity contribution in [3.05, 3.63) is 35.4 Å². The number of carbonyl (C=O) groups is 2. The van der Waals surface area contributed by atoms with Gasteiger partial charge in [0.25, 0.3) is 5.91 Å². The summed E-state index contributed by atoms with van der Waals surface area (Å²) in [4.78, 5) is 24.1. The maximum Gasteiger partial charge on any atom is 0.308 e. The lowest BCUT2D eigenvalue weighted by molar-refractivity contribution is -0.142. The van der Waals surface area contributed by atoms with E-state index in [2.05, 4.69) is 5.32 Å². The van der Waals surface area contributed by atoms with Gasteiger partial charge in [0.15, 0.2) is 0 Å². The first-order valence-electron chi connectivity index (χ1n) is 8.86. The number of hydrogen-bond donors (Lipinski definition) is 2. The molecule has 1 aliphatic carbocycles. The molecule has 1 saturated heterocycles. The van der Waals surface area contributed by atoms with Crippen LogP contribution in [0.5, 0.6) is 0 Å². The monoisotopic (exact) mass is 331 g/mol. The van der Waals surface area contributed by atoms with Gasteiger partial charge in [0.2, 0.25) is 0 Å². The van der Waals surface area contributed by atoms with Crippen LogP contribution in [0.25, 0.3) is 0 Å². The molecular formula is C19H25NO4. The van der Waals surface area contributed by atoms with Gasteiger partial charge in [-0.25, -0.2) is 0 Å². The minimum atomic E-state index is -0.806. The van der Waals surface area contributed by atoms with E-state index in [-0.39, 0.29) is 11.9 Å². The molecule has 1 aromatic carbocycles. The fourth-order valence-corrected chi connectivity index (χ4v) is 3.76. The van der Waals surface area contributed by atoms with Crippen LogP contribution in [-0.2, 0) is 9.53 Å². The molecule has 3 atom stereocenters. The molecule has 1 aliphatic heterocycles. The van der Waals surface area contributed by atoms with Crippen molar-refractivity contribution in [2.45, 2.75) is 50.5 Å². The molecule has 1 aromatic rings. The predicted octanol–water partition coefficient (Wildman–Crippen LogP) is 2.95. The van der Waals surface area contributed by atoms with Crippen molar-refractivity contribution >= 4 is 11.9 Å². The number of carbonyl (C=O) groups excluding carboxylic acids is 1. The van der Waals surface area contributed by atoms with Gasteiger partial charge in [0.1, 0.15) is 0 Å². The molecule has 2 N–H and O–H groups in total. The van der Waals surface area contributed by atoms with Crippen LogP contribution in [0.4, 0.5) is 0 Å². The quantitative estimate of drug-likeness (QED) is 0.832. The van der Waals surface area contributed by atoms with Crippen molar-refractivity contribution in [2.24, 2.45) is 5.92 Å². The summed E-state index contributed by atoms with van der Waals surface area (Å²) in [5, 5.41) is 12.4.